The second kappa shape index (κ2) is 6.91. The number of ether oxygens (including phenoxy) is 1. The smallest absolute Gasteiger partial charge is 0.328 e. The molecule has 0 aromatic heterocycles. The number of amides is 2. The largest absolute Gasteiger partial charge is 0.480 e. The third kappa shape index (κ3) is 4.72. The first-order chi connectivity index (χ1) is 8.93. The summed E-state index contributed by atoms with van der Waals surface area (Å²) < 4.78 is 18.0. The Morgan fingerprint density at radius 2 is 2.21 bits per heavy atom. The van der Waals surface area contributed by atoms with Crippen molar-refractivity contribution in [3.63, 3.8) is 0 Å². The number of hydrogen-bond acceptors (Lipinski definition) is 3. The minimum atomic E-state index is -1.26. The van der Waals surface area contributed by atoms with Crippen LogP contribution in [0.2, 0.25) is 5.02 Å². The lowest BCUT2D eigenvalue weighted by atomic mass is 10.3. The number of rotatable bonds is 5. The monoisotopic (exact) mass is 290 g/mol. The number of aliphatic carboxylic acids is 1. The number of urea groups is 1. The van der Waals surface area contributed by atoms with Crippen LogP contribution in [0.25, 0.3) is 0 Å². The van der Waals surface area contributed by atoms with Crippen molar-refractivity contribution in [1.29, 1.82) is 0 Å². The van der Waals surface area contributed by atoms with E-state index < -0.39 is 23.9 Å². The van der Waals surface area contributed by atoms with Crippen LogP contribution in [-0.2, 0) is 9.53 Å². The molecule has 0 aliphatic carbocycles. The number of carboxylic acid groups (broad SMARTS) is 1. The molecule has 0 radical (unpaired) electrons. The fraction of sp³-hybridized carbons (Fsp3) is 0.273. The average Bonchev–Trinajstić information content (AvgIpc) is 2.32. The number of methoxy groups -OCH3 is 1. The van der Waals surface area contributed by atoms with Gasteiger partial charge in [-0.15, -0.1) is 0 Å². The molecule has 0 saturated heterocycles. The Morgan fingerprint density at radius 3 is 2.74 bits per heavy atom. The normalized spacial score (nSPS) is 11.7. The molecular weight excluding hydrogens is 279 g/mol. The molecule has 2 amide bonds. The quantitative estimate of drug-likeness (QED) is 0.770. The van der Waals surface area contributed by atoms with Crippen LogP contribution >= 0.6 is 11.6 Å². The van der Waals surface area contributed by atoms with Gasteiger partial charge in [-0.2, -0.15) is 0 Å². The molecule has 104 valence electrons. The van der Waals surface area contributed by atoms with E-state index in [1.807, 2.05) is 0 Å². The zero-order chi connectivity index (χ0) is 14.4. The number of anilines is 1. The van der Waals surface area contributed by atoms with Crippen LogP contribution < -0.4 is 10.6 Å². The molecule has 1 atom stereocenters. The maximum absolute atomic E-state index is 13.4. The van der Waals surface area contributed by atoms with E-state index in [1.165, 1.54) is 19.2 Å². The summed E-state index contributed by atoms with van der Waals surface area (Å²) in [6.45, 7) is -0.203. The topological polar surface area (TPSA) is 87.7 Å². The molecule has 0 fully saturated rings. The summed E-state index contributed by atoms with van der Waals surface area (Å²) in [7, 11) is 1.30. The van der Waals surface area contributed by atoms with Gasteiger partial charge < -0.3 is 20.5 Å². The number of benzene rings is 1. The molecule has 1 aromatic carbocycles. The van der Waals surface area contributed by atoms with Crippen LogP contribution in [0.15, 0.2) is 18.2 Å². The van der Waals surface area contributed by atoms with Crippen molar-refractivity contribution in [2.45, 2.75) is 6.04 Å². The molecule has 1 rings (SSSR count). The number of halogens is 2. The van der Waals surface area contributed by atoms with E-state index >= 15 is 0 Å². The molecule has 0 aliphatic rings. The standard InChI is InChI=1S/C11H12ClFN2O4/c1-19-5-9(10(16)17)15-11(18)14-8-3-2-6(12)4-7(8)13/h2-4,9H,5H2,1H3,(H,16,17)(H2,14,15,18). The van der Waals surface area contributed by atoms with Gasteiger partial charge in [0.05, 0.1) is 12.3 Å². The van der Waals surface area contributed by atoms with Crippen molar-refractivity contribution in [2.24, 2.45) is 0 Å². The van der Waals surface area contributed by atoms with E-state index in [2.05, 4.69) is 15.4 Å². The van der Waals surface area contributed by atoms with Gasteiger partial charge in [0.1, 0.15) is 5.82 Å². The molecule has 8 heteroatoms. The van der Waals surface area contributed by atoms with E-state index in [4.69, 9.17) is 16.7 Å². The van der Waals surface area contributed by atoms with Crippen LogP contribution in [0.4, 0.5) is 14.9 Å². The fourth-order valence-corrected chi connectivity index (χ4v) is 1.41. The van der Waals surface area contributed by atoms with E-state index in [1.54, 1.807) is 0 Å². The molecule has 1 unspecified atom stereocenters. The summed E-state index contributed by atoms with van der Waals surface area (Å²) in [6.07, 6.45) is 0. The maximum Gasteiger partial charge on any atom is 0.328 e. The molecule has 19 heavy (non-hydrogen) atoms. The molecule has 6 nitrogen and oxygen atoms in total. The minimum Gasteiger partial charge on any atom is -0.480 e. The number of nitrogens with one attached hydrogen (secondary N) is 2. The number of carbonyl (C=O) groups excluding carboxylic acids is 1. The first kappa shape index (κ1) is 15.2. The van der Waals surface area contributed by atoms with Crippen LogP contribution in [-0.4, -0.2) is 36.9 Å². The zero-order valence-corrected chi connectivity index (χ0v) is 10.7. The Hall–Kier alpha value is -1.86. The zero-order valence-electron chi connectivity index (χ0n) is 9.94. The van der Waals surface area contributed by atoms with E-state index in [0.29, 0.717) is 0 Å². The van der Waals surface area contributed by atoms with Gasteiger partial charge in [0.25, 0.3) is 0 Å². The highest BCUT2D eigenvalue weighted by atomic mass is 35.5. The molecule has 0 aliphatic heterocycles. The van der Waals surface area contributed by atoms with E-state index in [0.717, 1.165) is 6.07 Å². The van der Waals surface area contributed by atoms with Gasteiger partial charge in [-0.3, -0.25) is 0 Å². The third-order valence-corrected chi connectivity index (χ3v) is 2.35. The van der Waals surface area contributed by atoms with Crippen molar-refractivity contribution < 1.29 is 23.8 Å². The fourth-order valence-electron chi connectivity index (χ4n) is 1.25. The molecule has 0 bridgehead atoms. The summed E-state index contributed by atoms with van der Waals surface area (Å²) in [5, 5.41) is 13.3. The van der Waals surface area contributed by atoms with Crippen LogP contribution in [0.5, 0.6) is 0 Å². The van der Waals surface area contributed by atoms with Crippen LogP contribution in [0, 0.1) is 5.82 Å². The lowest BCUT2D eigenvalue weighted by Gasteiger charge is -2.14. The Morgan fingerprint density at radius 1 is 1.53 bits per heavy atom. The number of carbonyl (C=O) groups is 2. The van der Waals surface area contributed by atoms with Crippen molar-refractivity contribution in [3.8, 4) is 0 Å². The van der Waals surface area contributed by atoms with E-state index in [-0.39, 0.29) is 17.3 Å². The van der Waals surface area contributed by atoms with Gasteiger partial charge in [-0.1, -0.05) is 11.6 Å². The SMILES string of the molecule is COCC(NC(=O)Nc1ccc(Cl)cc1F)C(=O)O. The van der Waals surface area contributed by atoms with Gasteiger partial charge in [0.15, 0.2) is 6.04 Å². The van der Waals surface area contributed by atoms with Gasteiger partial charge >= 0.3 is 12.0 Å². The number of carboxylic acids is 1. The van der Waals surface area contributed by atoms with Gasteiger partial charge in [-0.05, 0) is 18.2 Å². The highest BCUT2D eigenvalue weighted by molar-refractivity contribution is 6.30. The van der Waals surface area contributed by atoms with Crippen molar-refractivity contribution >= 4 is 29.3 Å². The Bertz CT molecular complexity index is 484. The Kier molecular flexibility index (Phi) is 5.53. The highest BCUT2D eigenvalue weighted by Crippen LogP contribution is 2.18. The lowest BCUT2D eigenvalue weighted by Crippen LogP contribution is -2.45. The lowest BCUT2D eigenvalue weighted by molar-refractivity contribution is -0.140. The predicted molar refractivity (Wildman–Crippen MR) is 66.9 cm³/mol. The predicted octanol–water partition coefficient (Wildman–Crippen LogP) is 1.70. The molecule has 1 aromatic rings. The van der Waals surface area contributed by atoms with Crippen molar-refractivity contribution in [1.82, 2.24) is 5.32 Å². The Balaban J connectivity index is 2.66. The van der Waals surface area contributed by atoms with Crippen LogP contribution in [0.3, 0.4) is 0 Å². The molecule has 0 spiro atoms. The summed E-state index contributed by atoms with van der Waals surface area (Å²) >= 11 is 5.56. The number of hydrogen-bond donors (Lipinski definition) is 3. The highest BCUT2D eigenvalue weighted by Gasteiger charge is 2.20. The Labute approximate surface area is 113 Å². The van der Waals surface area contributed by atoms with Gasteiger partial charge in [0.2, 0.25) is 0 Å². The molecular formula is C11H12ClFN2O4. The first-order valence-corrected chi connectivity index (χ1v) is 5.56. The minimum absolute atomic E-state index is 0.108. The second-order valence-corrected chi connectivity index (χ2v) is 4.01. The summed E-state index contributed by atoms with van der Waals surface area (Å²) in [5.74, 6) is -1.98. The van der Waals surface area contributed by atoms with Gasteiger partial charge in [-0.25, -0.2) is 14.0 Å². The molecule has 3 N–H and O–H groups in total. The average molecular weight is 291 g/mol. The van der Waals surface area contributed by atoms with Crippen molar-refractivity contribution in [3.05, 3.63) is 29.0 Å². The van der Waals surface area contributed by atoms with E-state index in [9.17, 15) is 14.0 Å². The summed E-state index contributed by atoms with van der Waals surface area (Å²) in [6, 6.07) is 1.61. The molecule has 0 saturated carbocycles. The van der Waals surface area contributed by atoms with Gasteiger partial charge in [0, 0.05) is 12.1 Å². The second-order valence-electron chi connectivity index (χ2n) is 3.57. The molecule has 0 heterocycles. The van der Waals surface area contributed by atoms with Crippen molar-refractivity contribution in [2.75, 3.05) is 19.0 Å². The maximum atomic E-state index is 13.4. The first-order valence-electron chi connectivity index (χ1n) is 5.18. The summed E-state index contributed by atoms with van der Waals surface area (Å²) in [5.41, 5.74) is -0.108. The summed E-state index contributed by atoms with van der Waals surface area (Å²) in [4.78, 5) is 22.3. The van der Waals surface area contributed by atoms with Crippen LogP contribution in [0.1, 0.15) is 0 Å². The third-order valence-electron chi connectivity index (χ3n) is 2.12.